The summed E-state index contributed by atoms with van der Waals surface area (Å²) in [6.45, 7) is 0.399. The second-order valence-corrected chi connectivity index (χ2v) is 1.08. The maximum Gasteiger partial charge on any atom is 0.214 e. The molecule has 0 spiro atoms. The van der Waals surface area contributed by atoms with Gasteiger partial charge in [0.1, 0.15) is 0 Å². The van der Waals surface area contributed by atoms with Crippen LogP contribution in [-0.4, -0.2) is 25.2 Å². The van der Waals surface area contributed by atoms with E-state index in [1.165, 1.54) is 11.4 Å². The highest BCUT2D eigenvalue weighted by molar-refractivity contribution is 5.53. The van der Waals surface area contributed by atoms with Gasteiger partial charge >= 0.3 is 0 Å². The predicted molar refractivity (Wildman–Crippen MR) is 23.3 cm³/mol. The molecule has 40 valence electrons. The van der Waals surface area contributed by atoms with Crippen molar-refractivity contribution in [2.24, 2.45) is 5.16 Å². The van der Waals surface area contributed by atoms with E-state index in [0.717, 1.165) is 0 Å². The number of nitrogens with zero attached hydrogens (tertiary/aromatic N) is 2. The summed E-state index contributed by atoms with van der Waals surface area (Å²) >= 11 is 0. The molecule has 1 rings (SSSR count). The van der Waals surface area contributed by atoms with Gasteiger partial charge in [-0.2, -0.15) is 0 Å². The minimum absolute atomic E-state index is 0.399. The van der Waals surface area contributed by atoms with E-state index in [1.807, 2.05) is 0 Å². The van der Waals surface area contributed by atoms with Crippen molar-refractivity contribution >= 4 is 6.34 Å². The summed E-state index contributed by atoms with van der Waals surface area (Å²) in [4.78, 5) is 9.19. The molecule has 4 nitrogen and oxygen atoms in total. The molecule has 1 aliphatic rings. The topological polar surface area (TPSA) is 34.1 Å². The molecule has 0 aliphatic carbocycles. The summed E-state index contributed by atoms with van der Waals surface area (Å²) in [5.74, 6) is 0. The fourth-order valence-electron chi connectivity index (χ4n) is 0.309. The van der Waals surface area contributed by atoms with Crippen LogP contribution in [0.3, 0.4) is 0 Å². The maximum absolute atomic E-state index is 4.67. The molecule has 0 bridgehead atoms. The zero-order chi connectivity index (χ0) is 5.11. The van der Waals surface area contributed by atoms with Crippen molar-refractivity contribution < 1.29 is 9.68 Å². The lowest BCUT2D eigenvalue weighted by Gasteiger charge is -2.04. The van der Waals surface area contributed by atoms with Crippen molar-refractivity contribution in [3.05, 3.63) is 0 Å². The molecule has 0 fully saturated rings. The Morgan fingerprint density at radius 3 is 3.14 bits per heavy atom. The van der Waals surface area contributed by atoms with Crippen molar-refractivity contribution in [1.29, 1.82) is 0 Å². The van der Waals surface area contributed by atoms with Crippen LogP contribution >= 0.6 is 0 Å². The van der Waals surface area contributed by atoms with Crippen LogP contribution in [0.2, 0.25) is 0 Å². The molecule has 1 heterocycles. The lowest BCUT2D eigenvalue weighted by Crippen LogP contribution is -2.16. The average Bonchev–Trinajstić information content (AvgIpc) is 2.14. The quantitative estimate of drug-likeness (QED) is 0.459. The third-order valence-electron chi connectivity index (χ3n) is 0.670. The molecule has 1 aliphatic heterocycles. The first-order chi connectivity index (χ1) is 3.43. The Morgan fingerprint density at radius 1 is 2.00 bits per heavy atom. The highest BCUT2D eigenvalue weighted by atomic mass is 16.8. The highest BCUT2D eigenvalue weighted by Crippen LogP contribution is 1.91. The second kappa shape index (κ2) is 1.79. The monoisotopic (exact) mass is 102 g/mol. The van der Waals surface area contributed by atoms with E-state index in [0.29, 0.717) is 6.73 Å². The van der Waals surface area contributed by atoms with Gasteiger partial charge in [0.15, 0.2) is 6.34 Å². The molecule has 0 aromatic carbocycles. The van der Waals surface area contributed by atoms with Gasteiger partial charge in [0.05, 0.1) is 7.11 Å². The molecule has 0 atom stereocenters. The smallest absolute Gasteiger partial charge is 0.214 e. The minimum Gasteiger partial charge on any atom is -0.370 e. The minimum atomic E-state index is 0.399. The number of hydroxylamine groups is 2. The van der Waals surface area contributed by atoms with Crippen LogP contribution in [0, 0.1) is 0 Å². The molecule has 0 unspecified atom stereocenters. The molecule has 0 saturated heterocycles. The van der Waals surface area contributed by atoms with Gasteiger partial charge in [-0.15, -0.1) is 0 Å². The largest absolute Gasteiger partial charge is 0.370 e. The van der Waals surface area contributed by atoms with E-state index < -0.39 is 0 Å². The van der Waals surface area contributed by atoms with Crippen LogP contribution in [0.1, 0.15) is 0 Å². The molecule has 0 radical (unpaired) electrons. The fraction of sp³-hybridized carbons (Fsp3) is 0.667. The third-order valence-corrected chi connectivity index (χ3v) is 0.670. The first kappa shape index (κ1) is 4.39. The van der Waals surface area contributed by atoms with Gasteiger partial charge in [0.25, 0.3) is 0 Å². The van der Waals surface area contributed by atoms with Crippen molar-refractivity contribution in [2.45, 2.75) is 0 Å². The summed E-state index contributed by atoms with van der Waals surface area (Å²) in [6, 6.07) is 0. The van der Waals surface area contributed by atoms with Crippen molar-refractivity contribution in [3.63, 3.8) is 0 Å². The van der Waals surface area contributed by atoms with Crippen LogP contribution in [0.25, 0.3) is 0 Å². The standard InChI is InChI=1S/C3H6N2O2/c1-6-5-2-4-7-3-5/h2H,3H2,1H3. The Hall–Kier alpha value is -0.770. The van der Waals surface area contributed by atoms with Crippen molar-refractivity contribution in [3.8, 4) is 0 Å². The zero-order valence-corrected chi connectivity index (χ0v) is 4.00. The molecule has 0 N–H and O–H groups in total. The fourth-order valence-corrected chi connectivity index (χ4v) is 0.309. The van der Waals surface area contributed by atoms with Crippen LogP contribution in [0.5, 0.6) is 0 Å². The Bertz CT molecular complexity index is 83.0. The van der Waals surface area contributed by atoms with Crippen LogP contribution in [-0.2, 0) is 9.68 Å². The van der Waals surface area contributed by atoms with E-state index in [2.05, 4.69) is 14.8 Å². The summed E-state index contributed by atoms with van der Waals surface area (Å²) in [7, 11) is 1.56. The van der Waals surface area contributed by atoms with Crippen molar-refractivity contribution in [1.82, 2.24) is 5.06 Å². The van der Waals surface area contributed by atoms with E-state index in [9.17, 15) is 0 Å². The van der Waals surface area contributed by atoms with Gasteiger partial charge in [-0.3, -0.25) is 4.84 Å². The molecule has 0 amide bonds. The number of hydrogen-bond acceptors (Lipinski definition) is 4. The maximum atomic E-state index is 4.67. The predicted octanol–water partition coefficient (Wildman–Crippen LogP) is -0.219. The first-order valence-electron chi connectivity index (χ1n) is 1.89. The molecular formula is C3H6N2O2. The van der Waals surface area contributed by atoms with Gasteiger partial charge in [0.2, 0.25) is 6.73 Å². The van der Waals surface area contributed by atoms with E-state index in [4.69, 9.17) is 0 Å². The van der Waals surface area contributed by atoms with Crippen LogP contribution < -0.4 is 0 Å². The summed E-state index contributed by atoms with van der Waals surface area (Å²) in [6.07, 6.45) is 1.47. The Kier molecular flexibility index (Phi) is 1.12. The zero-order valence-electron chi connectivity index (χ0n) is 4.00. The SMILES string of the molecule is CON1C=NOC1. The van der Waals surface area contributed by atoms with Gasteiger partial charge in [-0.1, -0.05) is 5.16 Å². The summed E-state index contributed by atoms with van der Waals surface area (Å²) in [5.41, 5.74) is 0. The molecule has 0 aromatic rings. The van der Waals surface area contributed by atoms with E-state index in [1.54, 1.807) is 7.11 Å². The van der Waals surface area contributed by atoms with Gasteiger partial charge in [0, 0.05) is 0 Å². The highest BCUT2D eigenvalue weighted by Gasteiger charge is 2.01. The lowest BCUT2D eigenvalue weighted by molar-refractivity contribution is -0.104. The van der Waals surface area contributed by atoms with Crippen LogP contribution in [0.4, 0.5) is 0 Å². The van der Waals surface area contributed by atoms with Gasteiger partial charge in [-0.05, 0) is 0 Å². The Balaban J connectivity index is 2.28. The first-order valence-corrected chi connectivity index (χ1v) is 1.89. The number of oxime groups is 1. The number of hydrogen-bond donors (Lipinski definition) is 0. The van der Waals surface area contributed by atoms with Gasteiger partial charge < -0.3 is 4.84 Å². The third kappa shape index (κ3) is 0.806. The molecule has 4 heteroatoms. The van der Waals surface area contributed by atoms with Crippen molar-refractivity contribution in [2.75, 3.05) is 13.8 Å². The Labute approximate surface area is 41.3 Å². The molecule has 0 saturated carbocycles. The number of rotatable bonds is 1. The van der Waals surface area contributed by atoms with Gasteiger partial charge in [-0.25, -0.2) is 5.06 Å². The molecule has 7 heavy (non-hydrogen) atoms. The summed E-state index contributed by atoms with van der Waals surface area (Å²) in [5, 5.41) is 4.88. The second-order valence-electron chi connectivity index (χ2n) is 1.08. The molecular weight excluding hydrogens is 96.0 g/mol. The lowest BCUT2D eigenvalue weighted by atomic mass is 11.1. The van der Waals surface area contributed by atoms with Crippen LogP contribution in [0.15, 0.2) is 5.16 Å². The summed E-state index contributed by atoms with van der Waals surface area (Å²) < 4.78 is 0. The van der Waals surface area contributed by atoms with E-state index in [-0.39, 0.29) is 0 Å². The van der Waals surface area contributed by atoms with E-state index >= 15 is 0 Å². The molecule has 0 aromatic heterocycles. The normalized spacial score (nSPS) is 17.6. The average molecular weight is 102 g/mol. The Morgan fingerprint density at radius 2 is 2.86 bits per heavy atom.